The van der Waals surface area contributed by atoms with Gasteiger partial charge < -0.3 is 10.6 Å². The topological polar surface area (TPSA) is 59.0 Å². The molecule has 3 rings (SSSR count). The SMILES string of the molecule is Cc1nn(C)cc1CNC(=O)[C@@H]1Cc2ccccc2CN1. The molecule has 0 aliphatic carbocycles. The number of rotatable bonds is 3. The summed E-state index contributed by atoms with van der Waals surface area (Å²) in [6.07, 6.45) is 2.69. The number of aryl methyl sites for hydroxylation is 2. The van der Waals surface area contributed by atoms with Crippen LogP contribution in [0.15, 0.2) is 30.5 Å². The molecular formula is C16H20N4O. The van der Waals surface area contributed by atoms with E-state index in [0.717, 1.165) is 24.2 Å². The number of aromatic nitrogens is 2. The highest BCUT2D eigenvalue weighted by Gasteiger charge is 2.23. The van der Waals surface area contributed by atoms with Crippen LogP contribution < -0.4 is 10.6 Å². The molecule has 1 aliphatic heterocycles. The van der Waals surface area contributed by atoms with Crippen LogP contribution in [-0.2, 0) is 31.4 Å². The lowest BCUT2D eigenvalue weighted by molar-refractivity contribution is -0.123. The molecule has 0 spiro atoms. The van der Waals surface area contributed by atoms with Gasteiger partial charge in [-0.25, -0.2) is 0 Å². The first-order chi connectivity index (χ1) is 10.1. The largest absolute Gasteiger partial charge is 0.351 e. The Labute approximate surface area is 124 Å². The first-order valence-corrected chi connectivity index (χ1v) is 7.20. The van der Waals surface area contributed by atoms with E-state index in [1.54, 1.807) is 4.68 Å². The molecule has 2 aromatic rings. The van der Waals surface area contributed by atoms with Gasteiger partial charge in [0.1, 0.15) is 0 Å². The van der Waals surface area contributed by atoms with Crippen molar-refractivity contribution in [3.63, 3.8) is 0 Å². The number of amides is 1. The van der Waals surface area contributed by atoms with Crippen LogP contribution in [0.3, 0.4) is 0 Å². The summed E-state index contributed by atoms with van der Waals surface area (Å²) in [4.78, 5) is 12.3. The van der Waals surface area contributed by atoms with E-state index in [1.807, 2.05) is 32.3 Å². The zero-order valence-corrected chi connectivity index (χ0v) is 12.4. The zero-order valence-electron chi connectivity index (χ0n) is 12.4. The molecular weight excluding hydrogens is 264 g/mol. The van der Waals surface area contributed by atoms with E-state index in [-0.39, 0.29) is 11.9 Å². The van der Waals surface area contributed by atoms with Crippen LogP contribution in [0.2, 0.25) is 0 Å². The van der Waals surface area contributed by atoms with Gasteiger partial charge in [-0.1, -0.05) is 24.3 Å². The summed E-state index contributed by atoms with van der Waals surface area (Å²) in [6.45, 7) is 3.23. The highest BCUT2D eigenvalue weighted by molar-refractivity contribution is 5.82. The minimum atomic E-state index is -0.156. The molecule has 5 heteroatoms. The predicted molar refractivity (Wildman–Crippen MR) is 80.6 cm³/mol. The van der Waals surface area contributed by atoms with Gasteiger partial charge >= 0.3 is 0 Å². The molecule has 5 nitrogen and oxygen atoms in total. The Bertz CT molecular complexity index is 662. The highest BCUT2D eigenvalue weighted by Crippen LogP contribution is 2.16. The van der Waals surface area contributed by atoms with Crippen LogP contribution in [-0.4, -0.2) is 21.7 Å². The smallest absolute Gasteiger partial charge is 0.237 e. The summed E-state index contributed by atoms with van der Waals surface area (Å²) >= 11 is 0. The van der Waals surface area contributed by atoms with Gasteiger partial charge in [-0.2, -0.15) is 5.10 Å². The maximum Gasteiger partial charge on any atom is 0.237 e. The van der Waals surface area contributed by atoms with Crippen molar-refractivity contribution in [2.75, 3.05) is 0 Å². The van der Waals surface area contributed by atoms with Gasteiger partial charge in [0.2, 0.25) is 5.91 Å². The third kappa shape index (κ3) is 2.97. The normalized spacial score (nSPS) is 17.3. The quantitative estimate of drug-likeness (QED) is 0.886. The number of nitrogens with one attached hydrogen (secondary N) is 2. The lowest BCUT2D eigenvalue weighted by Gasteiger charge is -2.25. The summed E-state index contributed by atoms with van der Waals surface area (Å²) < 4.78 is 1.77. The molecule has 1 aliphatic rings. The summed E-state index contributed by atoms with van der Waals surface area (Å²) in [6, 6.07) is 8.11. The summed E-state index contributed by atoms with van der Waals surface area (Å²) in [5.41, 5.74) is 4.56. The maximum atomic E-state index is 12.3. The van der Waals surface area contributed by atoms with Crippen LogP contribution in [0.4, 0.5) is 0 Å². The molecule has 110 valence electrons. The fourth-order valence-electron chi connectivity index (χ4n) is 2.77. The first kappa shape index (κ1) is 13.8. The van der Waals surface area contributed by atoms with Crippen LogP contribution in [0.5, 0.6) is 0 Å². The van der Waals surface area contributed by atoms with Crippen molar-refractivity contribution in [3.8, 4) is 0 Å². The van der Waals surface area contributed by atoms with Gasteiger partial charge in [0.05, 0.1) is 11.7 Å². The Morgan fingerprint density at radius 3 is 2.90 bits per heavy atom. The van der Waals surface area contributed by atoms with E-state index in [9.17, 15) is 4.79 Å². The van der Waals surface area contributed by atoms with Crippen molar-refractivity contribution in [2.45, 2.75) is 32.5 Å². The number of nitrogens with zero attached hydrogens (tertiary/aromatic N) is 2. The minimum absolute atomic E-state index is 0.0488. The molecule has 1 aromatic heterocycles. The predicted octanol–water partition coefficient (Wildman–Crippen LogP) is 1.06. The van der Waals surface area contributed by atoms with Gasteiger partial charge in [-0.05, 0) is 24.5 Å². The summed E-state index contributed by atoms with van der Waals surface area (Å²) in [7, 11) is 1.89. The van der Waals surface area contributed by atoms with Crippen LogP contribution >= 0.6 is 0 Å². The number of carbonyl (C=O) groups excluding carboxylic acids is 1. The van der Waals surface area contributed by atoms with Crippen molar-refractivity contribution >= 4 is 5.91 Å². The lowest BCUT2D eigenvalue weighted by Crippen LogP contribution is -2.47. The third-order valence-corrected chi connectivity index (χ3v) is 3.97. The van der Waals surface area contributed by atoms with E-state index in [0.29, 0.717) is 6.54 Å². The summed E-state index contributed by atoms with van der Waals surface area (Å²) in [5.74, 6) is 0.0488. The number of hydrogen-bond acceptors (Lipinski definition) is 3. The van der Waals surface area contributed by atoms with Crippen LogP contribution in [0.1, 0.15) is 22.4 Å². The standard InChI is InChI=1S/C16H20N4O/c1-11-14(10-20(2)19-11)9-18-16(21)15-7-12-5-3-4-6-13(12)8-17-15/h3-6,10,15,17H,7-9H2,1-2H3,(H,18,21)/t15-/m0/s1. The molecule has 0 bridgehead atoms. The van der Waals surface area contributed by atoms with Gasteiger partial charge in [0, 0.05) is 31.9 Å². The van der Waals surface area contributed by atoms with Gasteiger partial charge in [-0.15, -0.1) is 0 Å². The molecule has 1 aromatic carbocycles. The Morgan fingerprint density at radius 2 is 2.19 bits per heavy atom. The average molecular weight is 284 g/mol. The fraction of sp³-hybridized carbons (Fsp3) is 0.375. The third-order valence-electron chi connectivity index (χ3n) is 3.97. The first-order valence-electron chi connectivity index (χ1n) is 7.20. The lowest BCUT2D eigenvalue weighted by atomic mass is 9.95. The molecule has 0 saturated heterocycles. The average Bonchev–Trinajstić information content (AvgIpc) is 2.82. The van der Waals surface area contributed by atoms with Gasteiger partial charge in [0.25, 0.3) is 0 Å². The van der Waals surface area contributed by atoms with Crippen molar-refractivity contribution in [2.24, 2.45) is 7.05 Å². The molecule has 0 unspecified atom stereocenters. The summed E-state index contributed by atoms with van der Waals surface area (Å²) in [5, 5.41) is 10.6. The van der Waals surface area contributed by atoms with Crippen molar-refractivity contribution in [1.82, 2.24) is 20.4 Å². The van der Waals surface area contributed by atoms with Crippen molar-refractivity contribution in [3.05, 3.63) is 52.8 Å². The number of fused-ring (bicyclic) bond motifs is 1. The minimum Gasteiger partial charge on any atom is -0.351 e. The molecule has 0 radical (unpaired) electrons. The molecule has 2 N–H and O–H groups in total. The van der Waals surface area contributed by atoms with Crippen molar-refractivity contribution < 1.29 is 4.79 Å². The Balaban J connectivity index is 1.61. The van der Waals surface area contributed by atoms with E-state index in [1.165, 1.54) is 11.1 Å². The molecule has 0 fully saturated rings. The molecule has 21 heavy (non-hydrogen) atoms. The zero-order chi connectivity index (χ0) is 14.8. The fourth-order valence-corrected chi connectivity index (χ4v) is 2.77. The molecule has 1 atom stereocenters. The molecule has 1 amide bonds. The van der Waals surface area contributed by atoms with Gasteiger partial charge in [-0.3, -0.25) is 9.48 Å². The van der Waals surface area contributed by atoms with Crippen molar-refractivity contribution in [1.29, 1.82) is 0 Å². The number of carbonyl (C=O) groups is 1. The Morgan fingerprint density at radius 1 is 1.43 bits per heavy atom. The second-order valence-corrected chi connectivity index (χ2v) is 5.54. The number of hydrogen-bond donors (Lipinski definition) is 2. The van der Waals surface area contributed by atoms with Gasteiger partial charge in [0.15, 0.2) is 0 Å². The molecule has 2 heterocycles. The van der Waals surface area contributed by atoms with Crippen LogP contribution in [0.25, 0.3) is 0 Å². The Kier molecular flexibility index (Phi) is 3.75. The van der Waals surface area contributed by atoms with E-state index < -0.39 is 0 Å². The van der Waals surface area contributed by atoms with E-state index in [4.69, 9.17) is 0 Å². The molecule has 0 saturated carbocycles. The highest BCUT2D eigenvalue weighted by atomic mass is 16.2. The number of benzene rings is 1. The van der Waals surface area contributed by atoms with E-state index >= 15 is 0 Å². The Hall–Kier alpha value is -2.14. The maximum absolute atomic E-state index is 12.3. The second kappa shape index (κ2) is 5.69. The van der Waals surface area contributed by atoms with Crippen LogP contribution in [0, 0.1) is 6.92 Å². The second-order valence-electron chi connectivity index (χ2n) is 5.54. The monoisotopic (exact) mass is 284 g/mol. The van der Waals surface area contributed by atoms with E-state index in [2.05, 4.69) is 27.9 Å².